The maximum Gasteiger partial charge on any atom is 0.490 e. The number of halogens is 3. The van der Waals surface area contributed by atoms with Crippen LogP contribution >= 0.6 is 0 Å². The molecule has 0 saturated carbocycles. The van der Waals surface area contributed by atoms with E-state index in [1.165, 1.54) is 10.6 Å². The van der Waals surface area contributed by atoms with Crippen molar-refractivity contribution in [3.8, 4) is 0 Å². The average Bonchev–Trinajstić information content (AvgIpc) is 3.34. The molecule has 0 fully saturated rings. The van der Waals surface area contributed by atoms with Gasteiger partial charge in [-0.25, -0.2) is 18.2 Å². The van der Waals surface area contributed by atoms with E-state index in [1.807, 2.05) is 10.7 Å². The third kappa shape index (κ3) is 6.04. The van der Waals surface area contributed by atoms with Crippen molar-refractivity contribution in [2.75, 3.05) is 26.2 Å². The third-order valence-corrected chi connectivity index (χ3v) is 6.44. The molecule has 0 aliphatic carbocycles. The molecular formula is C17H25F3N6O4S. The smallest absolute Gasteiger partial charge is 0.475 e. The zero-order valence-electron chi connectivity index (χ0n) is 17.3. The Morgan fingerprint density at radius 1 is 1.32 bits per heavy atom. The number of alkyl halides is 3. The highest BCUT2D eigenvalue weighted by Crippen LogP contribution is 2.26. The molecule has 3 heterocycles. The number of imidazole rings is 1. The summed E-state index contributed by atoms with van der Waals surface area (Å²) >= 11 is 0. The van der Waals surface area contributed by atoms with Crippen LogP contribution in [0, 0.1) is 0 Å². The molecule has 14 heteroatoms. The maximum absolute atomic E-state index is 12.9. The van der Waals surface area contributed by atoms with E-state index in [9.17, 15) is 21.6 Å². The summed E-state index contributed by atoms with van der Waals surface area (Å²) in [6.07, 6.45) is -0.295. The molecule has 3 rings (SSSR count). The number of carboxylic acid groups (broad SMARTS) is 1. The second-order valence-electron chi connectivity index (χ2n) is 6.88. The monoisotopic (exact) mass is 466 g/mol. The number of hydrogen-bond donors (Lipinski definition) is 1. The zero-order valence-corrected chi connectivity index (χ0v) is 18.1. The van der Waals surface area contributed by atoms with Gasteiger partial charge in [-0.1, -0.05) is 13.8 Å². The van der Waals surface area contributed by atoms with E-state index >= 15 is 0 Å². The SMILES string of the molecule is CCN(CC)CC1CN(S(=O)(=O)c2cn(C)cn2)Cc2ccnn21.O=C(O)C(F)(F)F. The molecule has 1 atom stereocenters. The van der Waals surface area contributed by atoms with E-state index in [0.717, 1.165) is 25.3 Å². The van der Waals surface area contributed by atoms with Crippen molar-refractivity contribution in [2.45, 2.75) is 37.6 Å². The molecule has 0 amide bonds. The van der Waals surface area contributed by atoms with Crippen molar-refractivity contribution in [1.29, 1.82) is 0 Å². The number of fused-ring (bicyclic) bond motifs is 1. The molecule has 1 aliphatic rings. The maximum atomic E-state index is 12.9. The van der Waals surface area contributed by atoms with Gasteiger partial charge in [0.25, 0.3) is 10.0 Å². The Morgan fingerprint density at radius 2 is 1.94 bits per heavy atom. The molecule has 0 radical (unpaired) electrons. The number of rotatable bonds is 6. The fourth-order valence-electron chi connectivity index (χ4n) is 3.11. The van der Waals surface area contributed by atoms with Crippen LogP contribution in [0.15, 0.2) is 29.8 Å². The van der Waals surface area contributed by atoms with Crippen molar-refractivity contribution in [2.24, 2.45) is 7.05 Å². The predicted molar refractivity (Wildman–Crippen MR) is 104 cm³/mol. The lowest BCUT2D eigenvalue weighted by Gasteiger charge is -2.35. The molecule has 31 heavy (non-hydrogen) atoms. The Bertz CT molecular complexity index is 984. The van der Waals surface area contributed by atoms with Crippen molar-refractivity contribution >= 4 is 16.0 Å². The van der Waals surface area contributed by atoms with E-state index in [0.29, 0.717) is 13.1 Å². The summed E-state index contributed by atoms with van der Waals surface area (Å²) < 4.78 is 62.7. The van der Waals surface area contributed by atoms with Gasteiger partial charge in [0.15, 0.2) is 5.03 Å². The van der Waals surface area contributed by atoms with Gasteiger partial charge >= 0.3 is 12.1 Å². The largest absolute Gasteiger partial charge is 0.490 e. The van der Waals surface area contributed by atoms with Crippen LogP contribution in [0.25, 0.3) is 0 Å². The first-order chi connectivity index (χ1) is 14.4. The van der Waals surface area contributed by atoms with Crippen molar-refractivity contribution < 1.29 is 31.5 Å². The molecule has 2 aromatic heterocycles. The Hall–Kier alpha value is -2.45. The normalized spacial score (nSPS) is 17.2. The first-order valence-electron chi connectivity index (χ1n) is 9.43. The second-order valence-corrected chi connectivity index (χ2v) is 8.77. The number of hydrogen-bond acceptors (Lipinski definition) is 6. The van der Waals surface area contributed by atoms with Crippen LogP contribution in [-0.2, 0) is 28.4 Å². The molecule has 2 aromatic rings. The molecule has 0 aromatic carbocycles. The van der Waals surface area contributed by atoms with Gasteiger partial charge in [-0.05, 0) is 19.2 Å². The summed E-state index contributed by atoms with van der Waals surface area (Å²) in [6.45, 7) is 7.58. The van der Waals surface area contributed by atoms with Gasteiger partial charge in [0, 0.05) is 32.5 Å². The minimum absolute atomic E-state index is 0.00198. The van der Waals surface area contributed by atoms with Crippen LogP contribution in [0.2, 0.25) is 0 Å². The summed E-state index contributed by atoms with van der Waals surface area (Å²) in [7, 11) is -1.84. The minimum atomic E-state index is -5.08. The Labute approximate surface area is 177 Å². The molecule has 0 spiro atoms. The predicted octanol–water partition coefficient (Wildman–Crippen LogP) is 1.34. The molecule has 10 nitrogen and oxygen atoms in total. The highest BCUT2D eigenvalue weighted by Gasteiger charge is 2.38. The number of aliphatic carboxylic acids is 1. The number of sulfonamides is 1. The number of carboxylic acids is 1. The van der Waals surface area contributed by atoms with Gasteiger partial charge in [-0.2, -0.15) is 22.6 Å². The highest BCUT2D eigenvalue weighted by molar-refractivity contribution is 7.89. The summed E-state index contributed by atoms with van der Waals surface area (Å²) in [5.74, 6) is -2.76. The van der Waals surface area contributed by atoms with E-state index in [4.69, 9.17) is 9.90 Å². The quantitative estimate of drug-likeness (QED) is 0.683. The minimum Gasteiger partial charge on any atom is -0.475 e. The zero-order chi connectivity index (χ0) is 23.4. The Morgan fingerprint density at radius 3 is 2.42 bits per heavy atom. The van der Waals surface area contributed by atoms with Gasteiger partial charge in [0.1, 0.15) is 0 Å². The van der Waals surface area contributed by atoms with E-state index in [2.05, 4.69) is 28.8 Å². The summed E-state index contributed by atoms with van der Waals surface area (Å²) in [6, 6.07) is 1.89. The third-order valence-electron chi connectivity index (χ3n) is 4.74. The molecule has 1 aliphatic heterocycles. The number of nitrogens with zero attached hydrogens (tertiary/aromatic N) is 6. The van der Waals surface area contributed by atoms with Crippen LogP contribution in [0.1, 0.15) is 25.6 Å². The number of aromatic nitrogens is 4. The van der Waals surface area contributed by atoms with Gasteiger partial charge in [0.2, 0.25) is 0 Å². The molecule has 174 valence electrons. The Kier molecular flexibility index (Phi) is 7.83. The first-order valence-corrected chi connectivity index (χ1v) is 10.9. The van der Waals surface area contributed by atoms with Crippen molar-refractivity contribution in [1.82, 2.24) is 28.5 Å². The summed E-state index contributed by atoms with van der Waals surface area (Å²) in [4.78, 5) is 15.2. The number of aryl methyl sites for hydroxylation is 1. The van der Waals surface area contributed by atoms with Gasteiger partial charge in [-0.3, -0.25) is 4.68 Å². The molecule has 0 saturated heterocycles. The fraction of sp³-hybridized carbons (Fsp3) is 0.588. The highest BCUT2D eigenvalue weighted by atomic mass is 32.2. The topological polar surface area (TPSA) is 114 Å². The lowest BCUT2D eigenvalue weighted by molar-refractivity contribution is -0.192. The van der Waals surface area contributed by atoms with Crippen LogP contribution in [0.3, 0.4) is 0 Å². The molecule has 1 N–H and O–H groups in total. The Balaban J connectivity index is 0.000000423. The molecule has 1 unspecified atom stereocenters. The van der Waals surface area contributed by atoms with Crippen LogP contribution in [-0.4, -0.2) is 80.4 Å². The lowest BCUT2D eigenvalue weighted by Crippen LogP contribution is -2.45. The number of likely N-dealkylation sites (N-methyl/N-ethyl adjacent to an activating group) is 1. The van der Waals surface area contributed by atoms with Crippen molar-refractivity contribution in [3.05, 3.63) is 30.5 Å². The number of carbonyl (C=O) groups is 1. The standard InChI is InChI=1S/C15H24N6O2S.C2HF3O2/c1-4-19(5-2)8-14-10-20(9-13-6-7-17-21(13)14)24(22,23)15-11-18(3)12-16-15;3-2(4,5)1(6)7/h6-7,11-12,14H,4-5,8-10H2,1-3H3;(H,6,7). The first kappa shape index (κ1) is 24.8. The molecular weight excluding hydrogens is 441 g/mol. The van der Waals surface area contributed by atoms with Gasteiger partial charge in [-0.15, -0.1) is 0 Å². The van der Waals surface area contributed by atoms with Crippen molar-refractivity contribution in [3.63, 3.8) is 0 Å². The van der Waals surface area contributed by atoms with Crippen LogP contribution < -0.4 is 0 Å². The fourth-order valence-corrected chi connectivity index (χ4v) is 4.52. The van der Waals surface area contributed by atoms with Crippen LogP contribution in [0.4, 0.5) is 13.2 Å². The second kappa shape index (κ2) is 9.78. The summed E-state index contributed by atoms with van der Waals surface area (Å²) in [5, 5.41) is 11.6. The lowest BCUT2D eigenvalue weighted by atomic mass is 10.2. The van der Waals surface area contributed by atoms with E-state index < -0.39 is 22.2 Å². The van der Waals surface area contributed by atoms with Gasteiger partial charge in [0.05, 0.1) is 24.6 Å². The van der Waals surface area contributed by atoms with E-state index in [-0.39, 0.29) is 11.1 Å². The van der Waals surface area contributed by atoms with Crippen LogP contribution in [0.5, 0.6) is 0 Å². The van der Waals surface area contributed by atoms with Gasteiger partial charge < -0.3 is 14.6 Å². The van der Waals surface area contributed by atoms with E-state index in [1.54, 1.807) is 24.0 Å². The summed E-state index contributed by atoms with van der Waals surface area (Å²) in [5.41, 5.74) is 0.915. The molecule has 0 bridgehead atoms. The average molecular weight is 466 g/mol.